The van der Waals surface area contributed by atoms with Crippen LogP contribution < -0.4 is 15.4 Å². The maximum absolute atomic E-state index is 5.95. The number of hydrogen-bond acceptors (Lipinski definition) is 5. The Bertz CT molecular complexity index is 790. The van der Waals surface area contributed by atoms with Crippen molar-refractivity contribution in [1.29, 1.82) is 0 Å². The summed E-state index contributed by atoms with van der Waals surface area (Å²) in [4.78, 5) is 8.49. The van der Waals surface area contributed by atoms with Crippen LogP contribution in [0.4, 0.5) is 17.3 Å². The molecule has 5 heteroatoms. The molecule has 0 spiro atoms. The van der Waals surface area contributed by atoms with Gasteiger partial charge in [0.15, 0.2) is 5.75 Å². The Morgan fingerprint density at radius 2 is 1.58 bits per heavy atom. The fourth-order valence-electron chi connectivity index (χ4n) is 2.21. The van der Waals surface area contributed by atoms with Gasteiger partial charge in [-0.2, -0.15) is 0 Å². The molecular formula is C19H20N4O. The number of anilines is 3. The van der Waals surface area contributed by atoms with E-state index in [1.54, 1.807) is 0 Å². The Balaban J connectivity index is 1.80. The lowest BCUT2D eigenvalue weighted by Crippen LogP contribution is -2.11. The summed E-state index contributed by atoms with van der Waals surface area (Å²) < 4.78 is 5.95. The van der Waals surface area contributed by atoms with Crippen LogP contribution in [0.2, 0.25) is 0 Å². The molecule has 122 valence electrons. The van der Waals surface area contributed by atoms with Crippen molar-refractivity contribution in [1.82, 2.24) is 9.97 Å². The van der Waals surface area contributed by atoms with Crippen LogP contribution in [0.5, 0.6) is 11.5 Å². The fourth-order valence-corrected chi connectivity index (χ4v) is 2.21. The van der Waals surface area contributed by atoms with E-state index in [-0.39, 0.29) is 0 Å². The minimum absolute atomic E-state index is 0.307. The summed E-state index contributed by atoms with van der Waals surface area (Å²) in [5.74, 6) is 3.01. The molecule has 5 nitrogen and oxygen atoms in total. The molecule has 0 bridgehead atoms. The molecular weight excluding hydrogens is 300 g/mol. The first-order valence-corrected chi connectivity index (χ1v) is 7.88. The van der Waals surface area contributed by atoms with Crippen molar-refractivity contribution in [2.75, 3.05) is 10.6 Å². The summed E-state index contributed by atoms with van der Waals surface area (Å²) in [7, 11) is 0. The van der Waals surface area contributed by atoms with Crippen LogP contribution in [0.3, 0.4) is 0 Å². The molecule has 0 unspecified atom stereocenters. The summed E-state index contributed by atoms with van der Waals surface area (Å²) in [6.07, 6.45) is 1.54. The number of hydrogen-bond donors (Lipinski definition) is 2. The average molecular weight is 320 g/mol. The molecule has 0 atom stereocenters. The highest BCUT2D eigenvalue weighted by atomic mass is 16.5. The second kappa shape index (κ2) is 7.46. The third-order valence-electron chi connectivity index (χ3n) is 3.22. The summed E-state index contributed by atoms with van der Waals surface area (Å²) in [5, 5.41) is 6.55. The van der Waals surface area contributed by atoms with Gasteiger partial charge in [-0.1, -0.05) is 30.3 Å². The van der Waals surface area contributed by atoms with Crippen molar-refractivity contribution >= 4 is 17.3 Å². The zero-order valence-corrected chi connectivity index (χ0v) is 13.7. The minimum atomic E-state index is 0.307. The summed E-state index contributed by atoms with van der Waals surface area (Å²) in [6, 6.07) is 19.6. The van der Waals surface area contributed by atoms with E-state index in [0.29, 0.717) is 11.9 Å². The topological polar surface area (TPSA) is 59.1 Å². The van der Waals surface area contributed by atoms with Crippen molar-refractivity contribution in [2.45, 2.75) is 19.9 Å². The Labute approximate surface area is 141 Å². The van der Waals surface area contributed by atoms with Crippen LogP contribution in [0.15, 0.2) is 67.0 Å². The van der Waals surface area contributed by atoms with Gasteiger partial charge in [0.05, 0.1) is 5.69 Å². The minimum Gasteiger partial charge on any atom is -0.455 e. The maximum Gasteiger partial charge on any atom is 0.150 e. The van der Waals surface area contributed by atoms with Gasteiger partial charge in [-0.05, 0) is 38.1 Å². The lowest BCUT2D eigenvalue weighted by Gasteiger charge is -2.14. The smallest absolute Gasteiger partial charge is 0.150 e. The molecule has 2 aromatic carbocycles. The number of nitrogens with zero attached hydrogens (tertiary/aromatic N) is 2. The average Bonchev–Trinajstić information content (AvgIpc) is 2.57. The number of aromatic nitrogens is 2. The number of nitrogens with one attached hydrogen (secondary N) is 2. The highest BCUT2D eigenvalue weighted by molar-refractivity contribution is 5.66. The van der Waals surface area contributed by atoms with Crippen molar-refractivity contribution in [3.8, 4) is 11.5 Å². The third-order valence-corrected chi connectivity index (χ3v) is 3.22. The van der Waals surface area contributed by atoms with Crippen LogP contribution >= 0.6 is 0 Å². The van der Waals surface area contributed by atoms with Crippen LogP contribution in [0.1, 0.15) is 13.8 Å². The predicted octanol–water partition coefficient (Wildman–Crippen LogP) is 4.83. The van der Waals surface area contributed by atoms with Gasteiger partial charge >= 0.3 is 0 Å². The van der Waals surface area contributed by atoms with Gasteiger partial charge in [-0.25, -0.2) is 9.97 Å². The lowest BCUT2D eigenvalue weighted by molar-refractivity contribution is 0.485. The number of ether oxygens (including phenoxy) is 1. The molecule has 3 aromatic rings. The second-order valence-corrected chi connectivity index (χ2v) is 5.62. The van der Waals surface area contributed by atoms with E-state index in [4.69, 9.17) is 4.74 Å². The monoisotopic (exact) mass is 320 g/mol. The quantitative estimate of drug-likeness (QED) is 0.681. The first-order valence-electron chi connectivity index (χ1n) is 7.88. The zero-order chi connectivity index (χ0) is 16.8. The van der Waals surface area contributed by atoms with Gasteiger partial charge in [0, 0.05) is 12.1 Å². The number of para-hydroxylation sites is 3. The Kier molecular flexibility index (Phi) is 4.91. The van der Waals surface area contributed by atoms with Crippen molar-refractivity contribution in [2.24, 2.45) is 0 Å². The van der Waals surface area contributed by atoms with Crippen molar-refractivity contribution in [3.63, 3.8) is 0 Å². The van der Waals surface area contributed by atoms with E-state index in [0.717, 1.165) is 23.0 Å². The summed E-state index contributed by atoms with van der Waals surface area (Å²) >= 11 is 0. The molecule has 0 aliphatic heterocycles. The van der Waals surface area contributed by atoms with E-state index in [1.165, 1.54) is 6.33 Å². The largest absolute Gasteiger partial charge is 0.455 e. The molecule has 2 N–H and O–H groups in total. The molecule has 24 heavy (non-hydrogen) atoms. The van der Waals surface area contributed by atoms with Gasteiger partial charge in [0.2, 0.25) is 0 Å². The van der Waals surface area contributed by atoms with E-state index in [2.05, 4.69) is 34.4 Å². The van der Waals surface area contributed by atoms with Crippen LogP contribution in [0.25, 0.3) is 0 Å². The molecule has 0 aliphatic rings. The molecule has 0 saturated heterocycles. The van der Waals surface area contributed by atoms with E-state index in [1.807, 2.05) is 60.7 Å². The Hall–Kier alpha value is -3.08. The fraction of sp³-hybridized carbons (Fsp3) is 0.158. The van der Waals surface area contributed by atoms with Crippen LogP contribution in [-0.4, -0.2) is 16.0 Å². The van der Waals surface area contributed by atoms with Crippen LogP contribution in [0, 0.1) is 0 Å². The maximum atomic E-state index is 5.95. The van der Waals surface area contributed by atoms with Gasteiger partial charge in [0.1, 0.15) is 23.7 Å². The molecule has 0 fully saturated rings. The zero-order valence-electron chi connectivity index (χ0n) is 13.7. The Morgan fingerprint density at radius 1 is 0.875 bits per heavy atom. The molecule has 0 radical (unpaired) electrons. The number of benzene rings is 2. The summed E-state index contributed by atoms with van der Waals surface area (Å²) in [6.45, 7) is 4.14. The third kappa shape index (κ3) is 4.23. The molecule has 3 rings (SSSR count). The SMILES string of the molecule is CC(C)Nc1cc(Nc2ccccc2Oc2ccccc2)ncn1. The second-order valence-electron chi connectivity index (χ2n) is 5.62. The van der Waals surface area contributed by atoms with Crippen LogP contribution in [-0.2, 0) is 0 Å². The van der Waals surface area contributed by atoms with Crippen molar-refractivity contribution in [3.05, 3.63) is 67.0 Å². The molecule has 1 heterocycles. The first-order chi connectivity index (χ1) is 11.7. The van der Waals surface area contributed by atoms with Gasteiger partial charge in [-0.3, -0.25) is 0 Å². The van der Waals surface area contributed by atoms with E-state index in [9.17, 15) is 0 Å². The lowest BCUT2D eigenvalue weighted by atomic mass is 10.3. The van der Waals surface area contributed by atoms with Crippen molar-refractivity contribution < 1.29 is 4.74 Å². The molecule has 1 aromatic heterocycles. The first kappa shape index (κ1) is 15.8. The van der Waals surface area contributed by atoms with E-state index < -0.39 is 0 Å². The molecule has 0 aliphatic carbocycles. The Morgan fingerprint density at radius 3 is 2.38 bits per heavy atom. The van der Waals surface area contributed by atoms with Gasteiger partial charge < -0.3 is 15.4 Å². The molecule has 0 amide bonds. The standard InChI is InChI=1S/C19H20N4O/c1-14(2)22-18-12-19(21-13-20-18)23-16-10-6-7-11-17(16)24-15-8-4-3-5-9-15/h3-14H,1-2H3,(H2,20,21,22,23). The summed E-state index contributed by atoms with van der Waals surface area (Å²) in [5.41, 5.74) is 0.843. The number of rotatable bonds is 6. The molecule has 0 saturated carbocycles. The van der Waals surface area contributed by atoms with E-state index >= 15 is 0 Å². The van der Waals surface area contributed by atoms with Gasteiger partial charge in [0.25, 0.3) is 0 Å². The normalized spacial score (nSPS) is 10.5. The predicted molar refractivity (Wildman–Crippen MR) is 97.0 cm³/mol. The highest BCUT2D eigenvalue weighted by Gasteiger charge is 2.06. The van der Waals surface area contributed by atoms with Gasteiger partial charge in [-0.15, -0.1) is 0 Å². The highest BCUT2D eigenvalue weighted by Crippen LogP contribution is 2.31.